The molecule has 142 valence electrons. The number of benzene rings is 2. The average molecular weight is 377 g/mol. The molecule has 0 aliphatic carbocycles. The van der Waals surface area contributed by atoms with Gasteiger partial charge in [-0.3, -0.25) is 14.4 Å². The lowest BCUT2D eigenvalue weighted by atomic mass is 9.99. The molecule has 1 amide bonds. The summed E-state index contributed by atoms with van der Waals surface area (Å²) in [6.45, 7) is 0. The van der Waals surface area contributed by atoms with Gasteiger partial charge in [0.1, 0.15) is 0 Å². The van der Waals surface area contributed by atoms with Crippen molar-refractivity contribution in [3.8, 4) is 0 Å². The Balaban J connectivity index is 2.08. The average Bonchev–Trinajstić information content (AvgIpc) is 2.75. The van der Waals surface area contributed by atoms with Gasteiger partial charge in [0.2, 0.25) is 17.5 Å². The van der Waals surface area contributed by atoms with E-state index in [0.717, 1.165) is 5.56 Å². The van der Waals surface area contributed by atoms with E-state index in [4.69, 9.17) is 0 Å². The van der Waals surface area contributed by atoms with Gasteiger partial charge in [-0.15, -0.1) is 0 Å². The molecule has 6 nitrogen and oxygen atoms in total. The van der Waals surface area contributed by atoms with Crippen LogP contribution in [0.5, 0.6) is 0 Å². The van der Waals surface area contributed by atoms with Crippen LogP contribution in [0.1, 0.15) is 31.8 Å². The standard InChI is InChI=1S/C22H19NO5/c1-23-19(24)13-7-15-3-9-17(10-4-15)21(26)22(27)18-11-5-16(6-12-18)8-14-20(25)28-2/h3-14H,1-2H3,(H,23,24). The highest BCUT2D eigenvalue weighted by Crippen LogP contribution is 2.12. The zero-order valence-corrected chi connectivity index (χ0v) is 15.5. The minimum absolute atomic E-state index is 0.236. The molecular formula is C22H19NO5. The predicted octanol–water partition coefficient (Wildman–Crippen LogP) is 2.70. The van der Waals surface area contributed by atoms with Gasteiger partial charge in [0, 0.05) is 30.3 Å². The molecule has 0 saturated carbocycles. The number of nitrogens with one attached hydrogen (secondary N) is 1. The fourth-order valence-corrected chi connectivity index (χ4v) is 2.24. The summed E-state index contributed by atoms with van der Waals surface area (Å²) in [6.07, 6.45) is 5.79. The van der Waals surface area contributed by atoms with Crippen LogP contribution in [-0.4, -0.2) is 37.6 Å². The zero-order valence-electron chi connectivity index (χ0n) is 15.5. The first-order chi connectivity index (χ1) is 13.4. The third-order valence-corrected chi connectivity index (χ3v) is 3.84. The lowest BCUT2D eigenvalue weighted by Crippen LogP contribution is -2.14. The first-order valence-corrected chi connectivity index (χ1v) is 8.39. The number of amides is 1. The lowest BCUT2D eigenvalue weighted by molar-refractivity contribution is -0.134. The maximum Gasteiger partial charge on any atom is 0.330 e. The van der Waals surface area contributed by atoms with Crippen molar-refractivity contribution in [3.63, 3.8) is 0 Å². The molecule has 0 aliphatic rings. The number of carbonyl (C=O) groups is 4. The van der Waals surface area contributed by atoms with Crippen LogP contribution in [0, 0.1) is 0 Å². The highest BCUT2D eigenvalue weighted by atomic mass is 16.5. The largest absolute Gasteiger partial charge is 0.466 e. The smallest absolute Gasteiger partial charge is 0.330 e. The number of ether oxygens (including phenoxy) is 1. The number of carbonyl (C=O) groups excluding carboxylic acids is 4. The molecule has 0 saturated heterocycles. The Kier molecular flexibility index (Phi) is 7.16. The monoisotopic (exact) mass is 377 g/mol. The molecule has 0 unspecified atom stereocenters. The van der Waals surface area contributed by atoms with Gasteiger partial charge in [-0.25, -0.2) is 4.79 Å². The Bertz CT molecular complexity index is 858. The van der Waals surface area contributed by atoms with Crippen LogP contribution in [0.25, 0.3) is 12.2 Å². The number of hydrogen-bond donors (Lipinski definition) is 1. The van der Waals surface area contributed by atoms with Crippen LogP contribution >= 0.6 is 0 Å². The summed E-state index contributed by atoms with van der Waals surface area (Å²) in [7, 11) is 2.81. The molecule has 0 spiro atoms. The first-order valence-electron chi connectivity index (χ1n) is 8.39. The van der Waals surface area contributed by atoms with E-state index < -0.39 is 17.5 Å². The summed E-state index contributed by atoms with van der Waals surface area (Å²) < 4.78 is 4.51. The number of rotatable bonds is 7. The Hall–Kier alpha value is -3.80. The summed E-state index contributed by atoms with van der Waals surface area (Å²) in [4.78, 5) is 47.1. The molecule has 2 aromatic carbocycles. The van der Waals surface area contributed by atoms with Gasteiger partial charge in [-0.05, 0) is 23.3 Å². The number of hydrogen-bond acceptors (Lipinski definition) is 5. The van der Waals surface area contributed by atoms with Gasteiger partial charge in [-0.1, -0.05) is 48.5 Å². The number of likely N-dealkylation sites (N-methyl/N-ethyl adjacent to an activating group) is 1. The molecule has 0 heterocycles. The summed E-state index contributed by atoms with van der Waals surface area (Å²) in [5.41, 5.74) is 1.94. The molecule has 1 N–H and O–H groups in total. The fourth-order valence-electron chi connectivity index (χ4n) is 2.24. The quantitative estimate of drug-likeness (QED) is 0.347. The van der Waals surface area contributed by atoms with Crippen molar-refractivity contribution in [2.75, 3.05) is 14.2 Å². The highest BCUT2D eigenvalue weighted by Gasteiger charge is 2.18. The van der Waals surface area contributed by atoms with Crippen molar-refractivity contribution in [1.82, 2.24) is 5.32 Å². The summed E-state index contributed by atoms with van der Waals surface area (Å²) >= 11 is 0. The molecule has 0 radical (unpaired) electrons. The summed E-state index contributed by atoms with van der Waals surface area (Å²) in [5.74, 6) is -1.97. The van der Waals surface area contributed by atoms with Crippen molar-refractivity contribution in [2.24, 2.45) is 0 Å². The number of ketones is 2. The Morgan fingerprint density at radius 1 is 0.750 bits per heavy atom. The number of Topliss-reactive ketones (excluding diaryl/α,β-unsaturated/α-hetero) is 2. The van der Waals surface area contributed by atoms with E-state index in [1.165, 1.54) is 50.6 Å². The SMILES string of the molecule is CNC(=O)C=Cc1ccc(C(=O)C(=O)c2ccc(C=CC(=O)OC)cc2)cc1. The molecule has 0 fully saturated rings. The van der Waals surface area contributed by atoms with E-state index in [1.54, 1.807) is 36.4 Å². The molecule has 0 atom stereocenters. The van der Waals surface area contributed by atoms with E-state index in [-0.39, 0.29) is 17.0 Å². The fraction of sp³-hybridized carbons (Fsp3) is 0.0909. The third-order valence-electron chi connectivity index (χ3n) is 3.84. The summed E-state index contributed by atoms with van der Waals surface area (Å²) in [5, 5.41) is 2.47. The second-order valence-corrected chi connectivity index (χ2v) is 5.71. The minimum atomic E-state index is -0.628. The van der Waals surface area contributed by atoms with Gasteiger partial charge >= 0.3 is 5.97 Å². The Morgan fingerprint density at radius 2 is 1.18 bits per heavy atom. The van der Waals surface area contributed by atoms with Crippen LogP contribution in [-0.2, 0) is 14.3 Å². The van der Waals surface area contributed by atoms with Gasteiger partial charge in [0.05, 0.1) is 7.11 Å². The Morgan fingerprint density at radius 3 is 1.57 bits per heavy atom. The second-order valence-electron chi connectivity index (χ2n) is 5.71. The van der Waals surface area contributed by atoms with Crippen LogP contribution in [0.15, 0.2) is 60.7 Å². The molecular weight excluding hydrogens is 358 g/mol. The van der Waals surface area contributed by atoms with Crippen LogP contribution in [0.2, 0.25) is 0 Å². The van der Waals surface area contributed by atoms with Crippen LogP contribution in [0.4, 0.5) is 0 Å². The highest BCUT2D eigenvalue weighted by molar-refractivity contribution is 6.49. The third kappa shape index (κ3) is 5.60. The van der Waals surface area contributed by atoms with Gasteiger partial charge in [-0.2, -0.15) is 0 Å². The van der Waals surface area contributed by atoms with Crippen LogP contribution < -0.4 is 5.32 Å². The van der Waals surface area contributed by atoms with Crippen molar-refractivity contribution in [3.05, 3.63) is 82.9 Å². The van der Waals surface area contributed by atoms with E-state index in [1.807, 2.05) is 0 Å². The molecule has 28 heavy (non-hydrogen) atoms. The second kappa shape index (κ2) is 9.78. The van der Waals surface area contributed by atoms with E-state index in [9.17, 15) is 19.2 Å². The molecule has 0 aliphatic heterocycles. The molecule has 0 bridgehead atoms. The van der Waals surface area contributed by atoms with Crippen molar-refractivity contribution in [2.45, 2.75) is 0 Å². The normalized spacial score (nSPS) is 10.8. The van der Waals surface area contributed by atoms with Crippen molar-refractivity contribution >= 4 is 35.6 Å². The number of methoxy groups -OCH3 is 1. The van der Waals surface area contributed by atoms with E-state index >= 15 is 0 Å². The zero-order chi connectivity index (χ0) is 20.5. The van der Waals surface area contributed by atoms with Gasteiger partial charge < -0.3 is 10.1 Å². The van der Waals surface area contributed by atoms with Gasteiger partial charge in [0.25, 0.3) is 0 Å². The summed E-state index contributed by atoms with van der Waals surface area (Å²) in [6, 6.07) is 12.7. The van der Waals surface area contributed by atoms with Gasteiger partial charge in [0.15, 0.2) is 0 Å². The molecule has 6 heteroatoms. The van der Waals surface area contributed by atoms with Crippen molar-refractivity contribution < 1.29 is 23.9 Å². The number of esters is 1. The van der Waals surface area contributed by atoms with E-state index in [0.29, 0.717) is 5.56 Å². The lowest BCUT2D eigenvalue weighted by Gasteiger charge is -2.03. The predicted molar refractivity (Wildman–Crippen MR) is 106 cm³/mol. The maximum atomic E-state index is 12.4. The maximum absolute atomic E-state index is 12.4. The van der Waals surface area contributed by atoms with E-state index in [2.05, 4.69) is 10.1 Å². The molecule has 2 rings (SSSR count). The minimum Gasteiger partial charge on any atom is -0.466 e. The molecule has 0 aromatic heterocycles. The molecule has 2 aromatic rings. The topological polar surface area (TPSA) is 89.5 Å². The first kappa shape index (κ1) is 20.5. The van der Waals surface area contributed by atoms with Crippen molar-refractivity contribution in [1.29, 1.82) is 0 Å². The Labute approximate surface area is 162 Å². The van der Waals surface area contributed by atoms with Crippen LogP contribution in [0.3, 0.4) is 0 Å².